The van der Waals surface area contributed by atoms with Gasteiger partial charge >= 0.3 is 19.8 Å². The van der Waals surface area contributed by atoms with E-state index < -0.39 is 32.5 Å². The number of allylic oxidation sites excluding steroid dienone is 22. The molecule has 2 unspecified atom stereocenters. The van der Waals surface area contributed by atoms with Gasteiger partial charge in [0.05, 0.1) is 13.2 Å². The molecule has 0 aromatic carbocycles. The summed E-state index contributed by atoms with van der Waals surface area (Å²) in [5.74, 6) is -0.848. The lowest BCUT2D eigenvalue weighted by atomic mass is 10.0. The first-order valence-electron chi connectivity index (χ1n) is 30.2. The number of hydrogen-bond donors (Lipinski definition) is 2. The number of carbonyl (C=O) groups excluding carboxylic acids is 2. The fourth-order valence-corrected chi connectivity index (χ4v) is 8.60. The largest absolute Gasteiger partial charge is 0.472 e. The van der Waals surface area contributed by atoms with E-state index in [1.165, 1.54) is 77.0 Å². The Morgan fingerprint density at radius 2 is 0.724 bits per heavy atom. The smallest absolute Gasteiger partial charge is 0.462 e. The van der Waals surface area contributed by atoms with Crippen LogP contribution in [0.4, 0.5) is 0 Å². The number of ether oxygens (including phenoxy) is 2. The van der Waals surface area contributed by atoms with Gasteiger partial charge in [0, 0.05) is 19.4 Å². The lowest BCUT2D eigenvalue weighted by Gasteiger charge is -2.19. The standard InChI is InChI=1S/C66H110NO8P/c1-3-5-7-9-11-13-15-17-19-20-21-22-23-24-25-26-27-28-29-30-31-32-33-34-35-36-37-38-39-40-41-42-43-44-45-47-49-51-53-55-57-59-66(69)75-64(63-74-76(70,71)73-61-60-67)62-72-65(68)58-56-54-52-50-48-46-18-16-14-12-10-8-6-4-2/h5,7,11,13,16-19,21-22,24-25,27-28,30-31,33-34,36-37,39-40,64H,3-4,6,8-10,12,14-15,20,23,26,29,32,35,38,41-63,67H2,1-2H3,(H,70,71)/b7-5-,13-11-,18-16-,19-17-,22-21-,25-24-,28-27-,31-30-,34-33-,37-36-,40-39-. The minimum Gasteiger partial charge on any atom is -0.462 e. The number of rotatable bonds is 55. The zero-order chi connectivity index (χ0) is 55.2. The summed E-state index contributed by atoms with van der Waals surface area (Å²) >= 11 is 0. The number of phosphoric acid groups is 1. The van der Waals surface area contributed by atoms with Crippen molar-refractivity contribution < 1.29 is 37.6 Å². The second kappa shape index (κ2) is 60.4. The Balaban J connectivity index is 3.95. The molecule has 0 saturated carbocycles. The van der Waals surface area contributed by atoms with Gasteiger partial charge in [-0.2, -0.15) is 0 Å². The van der Waals surface area contributed by atoms with Crippen molar-refractivity contribution in [3.8, 4) is 0 Å². The zero-order valence-corrected chi connectivity index (χ0v) is 49.1. The van der Waals surface area contributed by atoms with Crippen molar-refractivity contribution in [2.75, 3.05) is 26.4 Å². The first kappa shape index (κ1) is 72.2. The highest BCUT2D eigenvalue weighted by molar-refractivity contribution is 7.47. The molecule has 0 aromatic heterocycles. The molecule has 0 aromatic rings. The van der Waals surface area contributed by atoms with Crippen molar-refractivity contribution in [1.29, 1.82) is 0 Å². The fraction of sp³-hybridized carbons (Fsp3) is 0.636. The SMILES string of the molecule is CC/C=C\C/C=C\C/C=C\C/C=C\C/C=C\C/C=C\C/C=C\C/C=C\C/C=C\C/C=C\CCCCCCCCCCCCC(=O)OC(COC(=O)CCCCCCC/C=C\CCCCCCC)COP(=O)(O)OCCN. The summed E-state index contributed by atoms with van der Waals surface area (Å²) in [4.78, 5) is 35.1. The highest BCUT2D eigenvalue weighted by Crippen LogP contribution is 2.43. The third kappa shape index (κ3) is 59.4. The van der Waals surface area contributed by atoms with Gasteiger partial charge in [-0.15, -0.1) is 0 Å². The Morgan fingerprint density at radius 1 is 0.408 bits per heavy atom. The van der Waals surface area contributed by atoms with Gasteiger partial charge in [0.2, 0.25) is 0 Å². The normalized spacial score (nSPS) is 14.0. The van der Waals surface area contributed by atoms with Gasteiger partial charge < -0.3 is 20.1 Å². The summed E-state index contributed by atoms with van der Waals surface area (Å²) in [5, 5.41) is 0. The predicted octanol–water partition coefficient (Wildman–Crippen LogP) is 19.3. The van der Waals surface area contributed by atoms with Crippen LogP contribution in [-0.2, 0) is 32.7 Å². The molecule has 0 amide bonds. The molecule has 76 heavy (non-hydrogen) atoms. The number of phosphoric ester groups is 1. The molecule has 0 saturated heterocycles. The molecule has 0 aliphatic rings. The van der Waals surface area contributed by atoms with Crippen LogP contribution in [0.1, 0.15) is 239 Å². The summed E-state index contributed by atoms with van der Waals surface area (Å²) in [6.45, 7) is 3.59. The maximum Gasteiger partial charge on any atom is 0.472 e. The molecule has 0 heterocycles. The maximum absolute atomic E-state index is 12.7. The van der Waals surface area contributed by atoms with Gasteiger partial charge in [-0.25, -0.2) is 4.57 Å². The van der Waals surface area contributed by atoms with Crippen molar-refractivity contribution in [2.45, 2.75) is 245 Å². The number of unbranched alkanes of at least 4 members (excludes halogenated alkanes) is 20. The monoisotopic (exact) mass is 1080 g/mol. The number of nitrogens with two attached hydrogens (primary N) is 1. The van der Waals surface area contributed by atoms with E-state index >= 15 is 0 Å². The molecule has 0 spiro atoms. The molecule has 2 atom stereocenters. The summed E-state index contributed by atoms with van der Waals surface area (Å²) in [6, 6.07) is 0. The molecule has 0 aliphatic heterocycles. The summed E-state index contributed by atoms with van der Waals surface area (Å²) in [7, 11) is -4.39. The Labute approximate surface area is 465 Å². The fourth-order valence-electron chi connectivity index (χ4n) is 7.83. The van der Waals surface area contributed by atoms with Crippen LogP contribution < -0.4 is 5.73 Å². The van der Waals surface area contributed by atoms with E-state index in [-0.39, 0.29) is 32.6 Å². The highest BCUT2D eigenvalue weighted by atomic mass is 31.2. The second-order valence-corrected chi connectivity index (χ2v) is 20.9. The first-order chi connectivity index (χ1) is 37.3. The quantitative estimate of drug-likeness (QED) is 0.0264. The van der Waals surface area contributed by atoms with E-state index in [0.29, 0.717) is 6.42 Å². The molecule has 3 N–H and O–H groups in total. The van der Waals surface area contributed by atoms with E-state index in [1.54, 1.807) is 0 Å². The number of esters is 2. The van der Waals surface area contributed by atoms with Crippen LogP contribution in [0.5, 0.6) is 0 Å². The lowest BCUT2D eigenvalue weighted by molar-refractivity contribution is -0.161. The summed E-state index contributed by atoms with van der Waals surface area (Å²) in [5.41, 5.74) is 5.37. The maximum atomic E-state index is 12.7. The van der Waals surface area contributed by atoms with E-state index in [2.05, 4.69) is 148 Å². The van der Waals surface area contributed by atoms with Crippen LogP contribution in [0.15, 0.2) is 134 Å². The average molecular weight is 1080 g/mol. The first-order valence-corrected chi connectivity index (χ1v) is 31.7. The molecule has 0 bridgehead atoms. The predicted molar refractivity (Wildman–Crippen MR) is 325 cm³/mol. The average Bonchev–Trinajstić information content (AvgIpc) is 3.41. The Bertz CT molecular complexity index is 1700. The van der Waals surface area contributed by atoms with Gasteiger partial charge in [0.15, 0.2) is 6.10 Å². The van der Waals surface area contributed by atoms with Gasteiger partial charge in [0.25, 0.3) is 0 Å². The minimum absolute atomic E-state index is 0.0463. The molecular formula is C66H110NO8P. The lowest BCUT2D eigenvalue weighted by Crippen LogP contribution is -2.29. The third-order valence-corrected chi connectivity index (χ3v) is 13.3. The molecule has 10 heteroatoms. The van der Waals surface area contributed by atoms with Crippen LogP contribution in [0.3, 0.4) is 0 Å². The molecule has 0 fully saturated rings. The Morgan fingerprint density at radius 3 is 1.09 bits per heavy atom. The van der Waals surface area contributed by atoms with E-state index in [0.717, 1.165) is 128 Å². The van der Waals surface area contributed by atoms with Crippen molar-refractivity contribution >= 4 is 19.8 Å². The number of carbonyl (C=O) groups is 2. The Kier molecular flexibility index (Phi) is 57.3. The van der Waals surface area contributed by atoms with Gasteiger partial charge in [0.1, 0.15) is 6.61 Å². The molecule has 0 rings (SSSR count). The topological polar surface area (TPSA) is 134 Å². The number of hydrogen-bond acceptors (Lipinski definition) is 8. The molecule has 0 aliphatic carbocycles. The van der Waals surface area contributed by atoms with Crippen LogP contribution in [0.25, 0.3) is 0 Å². The van der Waals surface area contributed by atoms with E-state index in [9.17, 15) is 19.0 Å². The van der Waals surface area contributed by atoms with Crippen LogP contribution in [0, 0.1) is 0 Å². The van der Waals surface area contributed by atoms with Gasteiger partial charge in [-0.05, 0) is 116 Å². The molecule has 432 valence electrons. The zero-order valence-electron chi connectivity index (χ0n) is 48.2. The molecule has 0 radical (unpaired) electrons. The summed E-state index contributed by atoms with van der Waals surface area (Å²) in [6.07, 6.45) is 85.2. The van der Waals surface area contributed by atoms with Crippen LogP contribution in [0.2, 0.25) is 0 Å². The van der Waals surface area contributed by atoms with E-state index in [1.807, 2.05) is 0 Å². The van der Waals surface area contributed by atoms with Crippen molar-refractivity contribution in [1.82, 2.24) is 0 Å². The van der Waals surface area contributed by atoms with Gasteiger partial charge in [-0.1, -0.05) is 244 Å². The molecule has 9 nitrogen and oxygen atoms in total. The van der Waals surface area contributed by atoms with Crippen molar-refractivity contribution in [3.05, 3.63) is 134 Å². The minimum atomic E-state index is -4.39. The van der Waals surface area contributed by atoms with Gasteiger partial charge in [-0.3, -0.25) is 18.6 Å². The van der Waals surface area contributed by atoms with Crippen LogP contribution in [-0.4, -0.2) is 49.3 Å². The Hall–Kier alpha value is -3.85. The van der Waals surface area contributed by atoms with Crippen LogP contribution >= 0.6 is 7.82 Å². The van der Waals surface area contributed by atoms with E-state index in [4.69, 9.17) is 24.3 Å². The summed E-state index contributed by atoms with van der Waals surface area (Å²) < 4.78 is 33.0. The van der Waals surface area contributed by atoms with Crippen molar-refractivity contribution in [2.24, 2.45) is 5.73 Å². The molecular weight excluding hydrogens is 966 g/mol. The van der Waals surface area contributed by atoms with Crippen molar-refractivity contribution in [3.63, 3.8) is 0 Å². The third-order valence-electron chi connectivity index (χ3n) is 12.3. The second-order valence-electron chi connectivity index (χ2n) is 19.5. The highest BCUT2D eigenvalue weighted by Gasteiger charge is 2.26.